The van der Waals surface area contributed by atoms with Crippen molar-refractivity contribution in [1.29, 1.82) is 0 Å². The van der Waals surface area contributed by atoms with E-state index in [0.29, 0.717) is 12.1 Å². The van der Waals surface area contributed by atoms with Gasteiger partial charge in [-0.25, -0.2) is 4.39 Å². The van der Waals surface area contributed by atoms with E-state index in [9.17, 15) is 9.18 Å². The van der Waals surface area contributed by atoms with Crippen molar-refractivity contribution in [2.24, 2.45) is 0 Å². The van der Waals surface area contributed by atoms with E-state index in [2.05, 4.69) is 58.4 Å². The molecule has 1 aliphatic heterocycles. The summed E-state index contributed by atoms with van der Waals surface area (Å²) in [5.41, 5.74) is 5.35. The first-order chi connectivity index (χ1) is 15.1. The van der Waals surface area contributed by atoms with E-state index in [0.717, 1.165) is 38.3 Å². The van der Waals surface area contributed by atoms with E-state index in [1.165, 1.54) is 41.1 Å². The van der Waals surface area contributed by atoms with Crippen LogP contribution in [0.4, 0.5) is 10.1 Å². The summed E-state index contributed by atoms with van der Waals surface area (Å²) in [6.07, 6.45) is 0. The topological polar surface area (TPSA) is 35.6 Å². The van der Waals surface area contributed by atoms with Crippen LogP contribution < -0.4 is 10.2 Å². The summed E-state index contributed by atoms with van der Waals surface area (Å²) in [6.45, 7) is 7.57. The molecule has 160 valence electrons. The van der Waals surface area contributed by atoms with Crippen LogP contribution in [0.2, 0.25) is 0 Å². The van der Waals surface area contributed by atoms with Crippen molar-refractivity contribution < 1.29 is 9.18 Å². The molecule has 1 N–H and O–H groups in total. The van der Waals surface area contributed by atoms with Gasteiger partial charge in [0.15, 0.2) is 0 Å². The molecule has 1 aliphatic rings. The van der Waals surface area contributed by atoms with Gasteiger partial charge in [0.2, 0.25) is 0 Å². The highest BCUT2D eigenvalue weighted by Gasteiger charge is 2.17. The van der Waals surface area contributed by atoms with E-state index >= 15 is 0 Å². The van der Waals surface area contributed by atoms with Crippen LogP contribution in [-0.2, 0) is 13.1 Å². The number of halogens is 1. The Morgan fingerprint density at radius 3 is 2.32 bits per heavy atom. The monoisotopic (exact) mass is 417 g/mol. The van der Waals surface area contributed by atoms with Crippen LogP contribution in [0.15, 0.2) is 72.8 Å². The van der Waals surface area contributed by atoms with Crippen molar-refractivity contribution in [3.8, 4) is 0 Å². The van der Waals surface area contributed by atoms with Gasteiger partial charge in [0.05, 0.1) is 0 Å². The molecule has 0 radical (unpaired) electrons. The normalized spacial score (nSPS) is 14.5. The molecule has 4 nitrogen and oxygen atoms in total. The van der Waals surface area contributed by atoms with Crippen molar-refractivity contribution in [2.75, 3.05) is 31.1 Å². The Morgan fingerprint density at radius 2 is 1.61 bits per heavy atom. The highest BCUT2D eigenvalue weighted by atomic mass is 19.1. The number of anilines is 1. The fraction of sp³-hybridized carbons (Fsp3) is 0.269. The second-order valence-electron chi connectivity index (χ2n) is 8.11. The van der Waals surface area contributed by atoms with Gasteiger partial charge in [0, 0.05) is 50.5 Å². The van der Waals surface area contributed by atoms with Gasteiger partial charge in [0.25, 0.3) is 5.91 Å². The lowest BCUT2D eigenvalue weighted by atomic mass is 10.1. The van der Waals surface area contributed by atoms with E-state index in [4.69, 9.17) is 0 Å². The number of benzene rings is 3. The van der Waals surface area contributed by atoms with Crippen molar-refractivity contribution in [2.45, 2.75) is 20.0 Å². The number of hydrogen-bond donors (Lipinski definition) is 1. The quantitative estimate of drug-likeness (QED) is 0.646. The minimum absolute atomic E-state index is 0.199. The summed E-state index contributed by atoms with van der Waals surface area (Å²) in [5.74, 6) is -0.543. The minimum atomic E-state index is -0.344. The van der Waals surface area contributed by atoms with Crippen LogP contribution in [0.3, 0.4) is 0 Å². The molecule has 31 heavy (non-hydrogen) atoms. The molecule has 1 saturated heterocycles. The van der Waals surface area contributed by atoms with Gasteiger partial charge in [-0.2, -0.15) is 0 Å². The SMILES string of the molecule is Cc1ccc(CN2CCN(c3cccc(CNC(=O)c4ccc(F)cc4)c3)CC2)cc1. The van der Waals surface area contributed by atoms with Gasteiger partial charge in [-0.3, -0.25) is 9.69 Å². The first kappa shape index (κ1) is 21.1. The molecule has 1 amide bonds. The molecule has 1 fully saturated rings. The van der Waals surface area contributed by atoms with Gasteiger partial charge < -0.3 is 10.2 Å². The predicted octanol–water partition coefficient (Wildman–Crippen LogP) is 4.39. The van der Waals surface area contributed by atoms with Crippen LogP contribution in [0, 0.1) is 12.7 Å². The summed E-state index contributed by atoms with van der Waals surface area (Å²) in [7, 11) is 0. The maximum atomic E-state index is 13.0. The van der Waals surface area contributed by atoms with Crippen LogP contribution >= 0.6 is 0 Å². The van der Waals surface area contributed by atoms with Crippen molar-refractivity contribution >= 4 is 11.6 Å². The van der Waals surface area contributed by atoms with Crippen molar-refractivity contribution in [1.82, 2.24) is 10.2 Å². The molecule has 0 unspecified atom stereocenters. The maximum absolute atomic E-state index is 13.0. The zero-order valence-electron chi connectivity index (χ0n) is 17.9. The molecule has 1 heterocycles. The summed E-state index contributed by atoms with van der Waals surface area (Å²) in [4.78, 5) is 17.2. The van der Waals surface area contributed by atoms with Gasteiger partial charge in [-0.1, -0.05) is 42.0 Å². The van der Waals surface area contributed by atoms with E-state index in [-0.39, 0.29) is 11.7 Å². The Balaban J connectivity index is 1.29. The molecule has 3 aromatic carbocycles. The number of nitrogens with one attached hydrogen (secondary N) is 1. The van der Waals surface area contributed by atoms with Gasteiger partial charge >= 0.3 is 0 Å². The lowest BCUT2D eigenvalue weighted by molar-refractivity contribution is 0.0951. The third-order valence-corrected chi connectivity index (χ3v) is 5.73. The highest BCUT2D eigenvalue weighted by molar-refractivity contribution is 5.94. The number of aryl methyl sites for hydroxylation is 1. The van der Waals surface area contributed by atoms with Crippen LogP contribution in [0.5, 0.6) is 0 Å². The third-order valence-electron chi connectivity index (χ3n) is 5.73. The second kappa shape index (κ2) is 9.75. The second-order valence-corrected chi connectivity index (χ2v) is 8.11. The molecule has 4 rings (SSSR count). The Morgan fingerprint density at radius 1 is 0.903 bits per heavy atom. The number of nitrogens with zero attached hydrogens (tertiary/aromatic N) is 2. The number of piperazine rings is 1. The maximum Gasteiger partial charge on any atom is 0.251 e. The number of carbonyl (C=O) groups excluding carboxylic acids is 1. The molecule has 3 aromatic rings. The zero-order chi connectivity index (χ0) is 21.6. The number of carbonyl (C=O) groups is 1. The molecule has 5 heteroatoms. The number of amides is 1. The Labute approximate surface area is 183 Å². The van der Waals surface area contributed by atoms with Gasteiger partial charge in [-0.05, 0) is 54.4 Å². The molecule has 0 saturated carbocycles. The summed E-state index contributed by atoms with van der Waals surface area (Å²) in [6, 6.07) is 22.7. The molecule has 0 aromatic heterocycles. The largest absolute Gasteiger partial charge is 0.369 e. The van der Waals surface area contributed by atoms with Gasteiger partial charge in [0.1, 0.15) is 5.82 Å². The average molecular weight is 418 g/mol. The first-order valence-electron chi connectivity index (χ1n) is 10.7. The zero-order valence-corrected chi connectivity index (χ0v) is 17.9. The summed E-state index contributed by atoms with van der Waals surface area (Å²) >= 11 is 0. The standard InChI is InChI=1S/C26H28FN3O/c1-20-5-7-21(8-6-20)19-29-13-15-30(16-14-29)25-4-2-3-22(17-25)18-28-26(31)23-9-11-24(27)12-10-23/h2-12,17H,13-16,18-19H2,1H3,(H,28,31). The summed E-state index contributed by atoms with van der Waals surface area (Å²) < 4.78 is 13.0. The fourth-order valence-corrected chi connectivity index (χ4v) is 3.86. The average Bonchev–Trinajstić information content (AvgIpc) is 2.80. The first-order valence-corrected chi connectivity index (χ1v) is 10.7. The Bertz CT molecular complexity index is 1010. The molecule has 0 spiro atoms. The van der Waals surface area contributed by atoms with Crippen LogP contribution in [0.25, 0.3) is 0 Å². The van der Waals surface area contributed by atoms with E-state index < -0.39 is 0 Å². The third kappa shape index (κ3) is 5.70. The lowest BCUT2D eigenvalue weighted by Gasteiger charge is -2.36. The van der Waals surface area contributed by atoms with E-state index in [1.807, 2.05) is 12.1 Å². The fourth-order valence-electron chi connectivity index (χ4n) is 3.86. The Hall–Kier alpha value is -3.18. The van der Waals surface area contributed by atoms with Crippen LogP contribution in [-0.4, -0.2) is 37.0 Å². The minimum Gasteiger partial charge on any atom is -0.369 e. The van der Waals surface area contributed by atoms with Crippen molar-refractivity contribution in [3.05, 3.63) is 101 Å². The number of rotatable bonds is 6. The smallest absolute Gasteiger partial charge is 0.251 e. The summed E-state index contributed by atoms with van der Waals surface area (Å²) in [5, 5.41) is 2.91. The number of hydrogen-bond acceptors (Lipinski definition) is 3. The van der Waals surface area contributed by atoms with Crippen molar-refractivity contribution in [3.63, 3.8) is 0 Å². The highest BCUT2D eigenvalue weighted by Crippen LogP contribution is 2.19. The predicted molar refractivity (Wildman–Crippen MR) is 123 cm³/mol. The molecule has 0 bridgehead atoms. The molecular formula is C26H28FN3O. The molecule has 0 atom stereocenters. The molecule has 0 aliphatic carbocycles. The lowest BCUT2D eigenvalue weighted by Crippen LogP contribution is -2.46. The molecular weight excluding hydrogens is 389 g/mol. The van der Waals surface area contributed by atoms with E-state index in [1.54, 1.807) is 0 Å². The Kier molecular flexibility index (Phi) is 6.63. The van der Waals surface area contributed by atoms with Crippen LogP contribution in [0.1, 0.15) is 27.0 Å². The van der Waals surface area contributed by atoms with Gasteiger partial charge in [-0.15, -0.1) is 0 Å².